The minimum Gasteiger partial charge on any atom is -0.478 e. The average molecular weight is 373 g/mol. The van der Waals surface area contributed by atoms with Crippen molar-refractivity contribution in [2.75, 3.05) is 0 Å². The number of hydrogen-bond donors (Lipinski definition) is 2. The van der Waals surface area contributed by atoms with Crippen molar-refractivity contribution in [2.24, 2.45) is 0 Å². The van der Waals surface area contributed by atoms with Gasteiger partial charge in [-0.05, 0) is 37.3 Å². The van der Waals surface area contributed by atoms with Gasteiger partial charge in [-0.3, -0.25) is 10.2 Å². The minimum absolute atomic E-state index is 0.113. The van der Waals surface area contributed by atoms with Gasteiger partial charge in [-0.1, -0.05) is 29.8 Å². The number of amides is 1. The van der Waals surface area contributed by atoms with Gasteiger partial charge in [0.15, 0.2) is 17.7 Å². The van der Waals surface area contributed by atoms with Gasteiger partial charge < -0.3 is 4.74 Å². The van der Waals surface area contributed by atoms with Crippen LogP contribution in [0.2, 0.25) is 5.02 Å². The number of hydrogen-bond acceptors (Lipinski definition) is 4. The van der Waals surface area contributed by atoms with E-state index >= 15 is 0 Å². The summed E-state index contributed by atoms with van der Waals surface area (Å²) >= 11 is 5.73. The summed E-state index contributed by atoms with van der Waals surface area (Å²) in [5.74, 6) is -1.53. The van der Waals surface area contributed by atoms with Crippen LogP contribution in [0.3, 0.4) is 0 Å². The Morgan fingerprint density at radius 3 is 2.58 bits per heavy atom. The van der Waals surface area contributed by atoms with E-state index in [0.29, 0.717) is 0 Å². The molecule has 1 atom stereocenters. The molecule has 0 aliphatic rings. The van der Waals surface area contributed by atoms with Crippen LogP contribution in [-0.2, 0) is 14.8 Å². The van der Waals surface area contributed by atoms with Crippen LogP contribution in [0.25, 0.3) is 0 Å². The van der Waals surface area contributed by atoms with Gasteiger partial charge >= 0.3 is 0 Å². The maximum atomic E-state index is 13.5. The molecule has 0 bridgehead atoms. The minimum atomic E-state index is -3.99. The quantitative estimate of drug-likeness (QED) is 0.762. The van der Waals surface area contributed by atoms with E-state index in [2.05, 4.69) is 0 Å². The molecule has 0 aliphatic carbocycles. The molecule has 0 radical (unpaired) electrons. The van der Waals surface area contributed by atoms with Crippen LogP contribution in [-0.4, -0.2) is 20.4 Å². The number of ether oxygens (including phenoxy) is 1. The first-order chi connectivity index (χ1) is 11.3. The Morgan fingerprint density at radius 2 is 1.92 bits per heavy atom. The average Bonchev–Trinajstić information content (AvgIpc) is 2.54. The first-order valence-corrected chi connectivity index (χ1v) is 8.64. The van der Waals surface area contributed by atoms with E-state index in [1.165, 1.54) is 49.4 Å². The molecule has 0 saturated heterocycles. The molecule has 2 aromatic rings. The fourth-order valence-electron chi connectivity index (χ4n) is 1.70. The third-order valence-corrected chi connectivity index (χ3v) is 4.41. The summed E-state index contributed by atoms with van der Waals surface area (Å²) in [5, 5.41) is 0.237. The fraction of sp³-hybridized carbons (Fsp3) is 0.133. The predicted molar refractivity (Wildman–Crippen MR) is 86.4 cm³/mol. The second kappa shape index (κ2) is 7.61. The summed E-state index contributed by atoms with van der Waals surface area (Å²) in [6, 6.07) is 11.1. The highest BCUT2D eigenvalue weighted by Crippen LogP contribution is 2.17. The number of halogens is 2. The summed E-state index contributed by atoms with van der Waals surface area (Å²) < 4.78 is 42.7. The first-order valence-electron chi connectivity index (χ1n) is 6.78. The molecule has 24 heavy (non-hydrogen) atoms. The summed E-state index contributed by atoms with van der Waals surface area (Å²) in [5.41, 5.74) is 2.01. The standard InChI is InChI=1S/C15H14ClFN2O4S/c1-10(23-14-8-3-2-7-13(14)17)15(20)18-19-24(21,22)12-6-4-5-11(16)9-12/h2-10,19H,1H3,(H,18,20)/t10-/m0/s1. The van der Waals surface area contributed by atoms with Gasteiger partial charge in [-0.15, -0.1) is 4.83 Å². The molecule has 1 amide bonds. The molecule has 9 heteroatoms. The van der Waals surface area contributed by atoms with Gasteiger partial charge in [-0.25, -0.2) is 12.8 Å². The molecule has 2 aromatic carbocycles. The Balaban J connectivity index is 1.98. The molecule has 0 aliphatic heterocycles. The predicted octanol–water partition coefficient (Wildman–Crippen LogP) is 2.26. The lowest BCUT2D eigenvalue weighted by Crippen LogP contribution is -2.47. The number of hydrazine groups is 1. The van der Waals surface area contributed by atoms with E-state index in [0.717, 1.165) is 0 Å². The maximum absolute atomic E-state index is 13.5. The molecule has 0 spiro atoms. The normalized spacial score (nSPS) is 12.5. The molecular weight excluding hydrogens is 359 g/mol. The van der Waals surface area contributed by atoms with E-state index in [-0.39, 0.29) is 15.7 Å². The number of nitrogens with one attached hydrogen (secondary N) is 2. The summed E-state index contributed by atoms with van der Waals surface area (Å²) in [4.78, 5) is 13.7. The van der Waals surface area contributed by atoms with E-state index < -0.39 is 27.9 Å². The third-order valence-electron chi connectivity index (χ3n) is 2.92. The smallest absolute Gasteiger partial charge is 0.275 e. The number of benzene rings is 2. The Morgan fingerprint density at radius 1 is 1.21 bits per heavy atom. The van der Waals surface area contributed by atoms with Crippen molar-refractivity contribution in [3.8, 4) is 5.75 Å². The summed E-state index contributed by atoms with van der Waals surface area (Å²) in [6.45, 7) is 1.36. The highest BCUT2D eigenvalue weighted by atomic mass is 35.5. The Bertz CT molecular complexity index is 845. The highest BCUT2D eigenvalue weighted by Gasteiger charge is 2.20. The Hall–Kier alpha value is -2.16. The highest BCUT2D eigenvalue weighted by molar-refractivity contribution is 7.89. The molecule has 6 nitrogen and oxygen atoms in total. The van der Waals surface area contributed by atoms with E-state index in [1.807, 2.05) is 10.3 Å². The Kier molecular flexibility index (Phi) is 5.76. The van der Waals surface area contributed by atoms with Crippen molar-refractivity contribution >= 4 is 27.5 Å². The van der Waals surface area contributed by atoms with E-state index in [9.17, 15) is 17.6 Å². The van der Waals surface area contributed by atoms with Gasteiger partial charge in [0.1, 0.15) is 0 Å². The van der Waals surface area contributed by atoms with Crippen LogP contribution in [0.5, 0.6) is 5.75 Å². The van der Waals surface area contributed by atoms with Crippen molar-refractivity contribution in [3.63, 3.8) is 0 Å². The van der Waals surface area contributed by atoms with Gasteiger partial charge in [0, 0.05) is 5.02 Å². The molecule has 0 fully saturated rings. The third kappa shape index (κ3) is 4.67. The van der Waals surface area contributed by atoms with E-state index in [4.69, 9.17) is 16.3 Å². The monoisotopic (exact) mass is 372 g/mol. The second-order valence-electron chi connectivity index (χ2n) is 4.74. The Labute approximate surface area is 143 Å². The molecule has 0 unspecified atom stereocenters. The van der Waals surface area contributed by atoms with Gasteiger partial charge in [0.2, 0.25) is 0 Å². The van der Waals surface area contributed by atoms with Crippen LogP contribution in [0.1, 0.15) is 6.92 Å². The van der Waals surface area contributed by atoms with E-state index in [1.54, 1.807) is 6.07 Å². The molecule has 0 heterocycles. The molecule has 2 rings (SSSR count). The van der Waals surface area contributed by atoms with Crippen molar-refractivity contribution in [1.82, 2.24) is 10.3 Å². The molecule has 128 valence electrons. The van der Waals surface area contributed by atoms with Crippen LogP contribution < -0.4 is 15.0 Å². The number of carbonyl (C=O) groups excluding carboxylic acids is 1. The molecule has 0 aromatic heterocycles. The number of sulfonamides is 1. The zero-order valence-electron chi connectivity index (χ0n) is 12.5. The number of carbonyl (C=O) groups is 1. The second-order valence-corrected chi connectivity index (χ2v) is 6.86. The van der Waals surface area contributed by atoms with Gasteiger partial charge in [0.05, 0.1) is 4.90 Å². The van der Waals surface area contributed by atoms with Gasteiger partial charge in [0.25, 0.3) is 15.9 Å². The fourth-order valence-corrected chi connectivity index (χ4v) is 2.84. The topological polar surface area (TPSA) is 84.5 Å². The van der Waals surface area contributed by atoms with Crippen molar-refractivity contribution in [3.05, 3.63) is 59.4 Å². The molecule has 0 saturated carbocycles. The summed E-state index contributed by atoms with van der Waals surface area (Å²) in [6.07, 6.45) is -1.12. The van der Waals surface area contributed by atoms with Gasteiger partial charge in [-0.2, -0.15) is 0 Å². The van der Waals surface area contributed by atoms with Crippen molar-refractivity contribution in [1.29, 1.82) is 0 Å². The zero-order valence-corrected chi connectivity index (χ0v) is 14.1. The zero-order chi connectivity index (χ0) is 17.7. The maximum Gasteiger partial charge on any atom is 0.275 e. The number of para-hydroxylation sites is 1. The van der Waals surface area contributed by atoms with Crippen LogP contribution in [0.15, 0.2) is 53.4 Å². The SMILES string of the molecule is C[C@H](Oc1ccccc1F)C(=O)NNS(=O)(=O)c1cccc(Cl)c1. The van der Waals surface area contributed by atoms with Crippen molar-refractivity contribution in [2.45, 2.75) is 17.9 Å². The lowest BCUT2D eigenvalue weighted by Gasteiger charge is -2.15. The van der Waals surface area contributed by atoms with Crippen LogP contribution >= 0.6 is 11.6 Å². The van der Waals surface area contributed by atoms with Crippen LogP contribution in [0, 0.1) is 5.82 Å². The largest absolute Gasteiger partial charge is 0.478 e. The van der Waals surface area contributed by atoms with Crippen LogP contribution in [0.4, 0.5) is 4.39 Å². The molecular formula is C15H14ClFN2O4S. The van der Waals surface area contributed by atoms with Crippen molar-refractivity contribution < 1.29 is 22.3 Å². The summed E-state index contributed by atoms with van der Waals surface area (Å²) in [7, 11) is -3.99. The molecule has 2 N–H and O–H groups in total. The lowest BCUT2D eigenvalue weighted by atomic mass is 10.3. The lowest BCUT2D eigenvalue weighted by molar-refractivity contribution is -0.127. The first kappa shape index (κ1) is 18.2. The number of rotatable bonds is 6.